The van der Waals surface area contributed by atoms with Crippen molar-refractivity contribution in [2.24, 2.45) is 5.92 Å². The van der Waals surface area contributed by atoms with Crippen molar-refractivity contribution in [3.8, 4) is 5.69 Å². The zero-order valence-electron chi connectivity index (χ0n) is 18.7. The van der Waals surface area contributed by atoms with Crippen molar-refractivity contribution >= 4 is 22.8 Å². The van der Waals surface area contributed by atoms with Gasteiger partial charge < -0.3 is 10.2 Å². The number of amides is 1. The van der Waals surface area contributed by atoms with Gasteiger partial charge in [-0.3, -0.25) is 4.79 Å². The molecule has 0 bridgehead atoms. The summed E-state index contributed by atoms with van der Waals surface area (Å²) in [4.78, 5) is 23.6. The highest BCUT2D eigenvalue weighted by Crippen LogP contribution is 2.28. The molecular formula is C25H24F2N6O. The van der Waals surface area contributed by atoms with E-state index in [0.717, 1.165) is 23.0 Å². The van der Waals surface area contributed by atoms with Gasteiger partial charge >= 0.3 is 0 Å². The summed E-state index contributed by atoms with van der Waals surface area (Å²) < 4.78 is 28.5. The van der Waals surface area contributed by atoms with Crippen LogP contribution in [-0.2, 0) is 11.3 Å². The van der Waals surface area contributed by atoms with Crippen LogP contribution in [0.1, 0.15) is 24.0 Å². The van der Waals surface area contributed by atoms with Crippen LogP contribution in [-0.4, -0.2) is 38.7 Å². The van der Waals surface area contributed by atoms with Crippen LogP contribution < -0.4 is 10.2 Å². The Kier molecular flexibility index (Phi) is 5.91. The Balaban J connectivity index is 1.25. The molecule has 1 saturated heterocycles. The standard InChI is InChI=1S/C25H24F2N6O/c1-16-2-4-21(5-3-16)33-14-22-23(31-33)29-15-30-24(22)32-8-6-18(7-9-32)25(34)28-13-17-10-19(26)12-20(27)11-17/h2-5,10-12,14-15,18H,6-9,13H2,1H3,(H,28,34). The van der Waals surface area contributed by atoms with Gasteiger partial charge in [-0.2, -0.15) is 0 Å². The van der Waals surface area contributed by atoms with Gasteiger partial charge in [0.1, 0.15) is 23.8 Å². The summed E-state index contributed by atoms with van der Waals surface area (Å²) in [6.45, 7) is 3.46. The topological polar surface area (TPSA) is 75.9 Å². The van der Waals surface area contributed by atoms with E-state index in [1.165, 1.54) is 24.0 Å². The first-order valence-corrected chi connectivity index (χ1v) is 11.2. The van der Waals surface area contributed by atoms with E-state index in [2.05, 4.69) is 25.3 Å². The van der Waals surface area contributed by atoms with Crippen molar-refractivity contribution in [2.75, 3.05) is 18.0 Å². The van der Waals surface area contributed by atoms with Gasteiger partial charge in [0.2, 0.25) is 5.91 Å². The number of hydrogen-bond acceptors (Lipinski definition) is 5. The second-order valence-corrected chi connectivity index (χ2v) is 8.60. The smallest absolute Gasteiger partial charge is 0.223 e. The largest absolute Gasteiger partial charge is 0.356 e. The molecule has 5 rings (SSSR count). The van der Waals surface area contributed by atoms with E-state index in [-0.39, 0.29) is 18.4 Å². The molecule has 34 heavy (non-hydrogen) atoms. The van der Waals surface area contributed by atoms with Crippen molar-refractivity contribution in [3.63, 3.8) is 0 Å². The highest BCUT2D eigenvalue weighted by molar-refractivity contribution is 5.87. The maximum atomic E-state index is 13.4. The number of halogens is 2. The third-order valence-corrected chi connectivity index (χ3v) is 6.15. The van der Waals surface area contributed by atoms with Crippen LogP contribution in [0.3, 0.4) is 0 Å². The normalized spacial score (nSPS) is 14.5. The quantitative estimate of drug-likeness (QED) is 0.486. The van der Waals surface area contributed by atoms with Crippen LogP contribution in [0, 0.1) is 24.5 Å². The molecular weight excluding hydrogens is 438 g/mol. The predicted molar refractivity (Wildman–Crippen MR) is 125 cm³/mol. The summed E-state index contributed by atoms with van der Waals surface area (Å²) in [6, 6.07) is 11.4. The number of carbonyl (C=O) groups is 1. The third-order valence-electron chi connectivity index (χ3n) is 6.15. The Labute approximate surface area is 195 Å². The molecule has 2 aromatic heterocycles. The Morgan fingerprint density at radius 3 is 2.47 bits per heavy atom. The summed E-state index contributed by atoms with van der Waals surface area (Å²) in [5.41, 5.74) is 3.14. The van der Waals surface area contributed by atoms with E-state index in [4.69, 9.17) is 0 Å². The van der Waals surface area contributed by atoms with Crippen molar-refractivity contribution in [1.82, 2.24) is 25.1 Å². The minimum absolute atomic E-state index is 0.0957. The lowest BCUT2D eigenvalue weighted by Gasteiger charge is -2.32. The summed E-state index contributed by atoms with van der Waals surface area (Å²) >= 11 is 0. The minimum atomic E-state index is -0.653. The zero-order chi connectivity index (χ0) is 23.7. The van der Waals surface area contributed by atoms with E-state index in [0.29, 0.717) is 37.1 Å². The fourth-order valence-electron chi connectivity index (χ4n) is 4.31. The lowest BCUT2D eigenvalue weighted by Crippen LogP contribution is -2.40. The second kappa shape index (κ2) is 9.17. The van der Waals surface area contributed by atoms with Crippen LogP contribution in [0.2, 0.25) is 0 Å². The second-order valence-electron chi connectivity index (χ2n) is 8.60. The predicted octanol–water partition coefficient (Wildman–Crippen LogP) is 3.93. The molecule has 1 aliphatic rings. The number of aryl methyl sites for hydroxylation is 1. The Morgan fingerprint density at radius 1 is 1.06 bits per heavy atom. The molecule has 0 aliphatic carbocycles. The molecule has 0 radical (unpaired) electrons. The molecule has 9 heteroatoms. The number of nitrogens with zero attached hydrogens (tertiary/aromatic N) is 5. The first-order valence-electron chi connectivity index (χ1n) is 11.2. The van der Waals surface area contributed by atoms with Gasteiger partial charge in [-0.05, 0) is 49.6 Å². The summed E-state index contributed by atoms with van der Waals surface area (Å²) in [7, 11) is 0. The molecule has 1 amide bonds. The lowest BCUT2D eigenvalue weighted by molar-refractivity contribution is -0.125. The number of fused-ring (bicyclic) bond motifs is 1. The zero-order valence-corrected chi connectivity index (χ0v) is 18.7. The number of hydrogen-bond donors (Lipinski definition) is 1. The van der Waals surface area contributed by atoms with Crippen LogP contribution in [0.5, 0.6) is 0 Å². The monoisotopic (exact) mass is 462 g/mol. The number of carbonyl (C=O) groups excluding carboxylic acids is 1. The number of anilines is 1. The Morgan fingerprint density at radius 2 is 1.76 bits per heavy atom. The van der Waals surface area contributed by atoms with E-state index < -0.39 is 11.6 Å². The molecule has 4 aromatic rings. The fraction of sp³-hybridized carbons (Fsp3) is 0.280. The van der Waals surface area contributed by atoms with Crippen molar-refractivity contribution < 1.29 is 13.6 Å². The molecule has 1 fully saturated rings. The van der Waals surface area contributed by atoms with Crippen molar-refractivity contribution in [1.29, 1.82) is 0 Å². The molecule has 1 aliphatic heterocycles. The van der Waals surface area contributed by atoms with Crippen molar-refractivity contribution in [2.45, 2.75) is 26.3 Å². The van der Waals surface area contributed by atoms with Gasteiger partial charge in [-0.1, -0.05) is 17.7 Å². The van der Waals surface area contributed by atoms with E-state index in [1.807, 2.05) is 37.4 Å². The molecule has 3 heterocycles. The Hall–Kier alpha value is -3.88. The summed E-state index contributed by atoms with van der Waals surface area (Å²) in [5.74, 6) is -0.775. The molecule has 7 nitrogen and oxygen atoms in total. The van der Waals surface area contributed by atoms with Gasteiger partial charge in [-0.15, -0.1) is 5.10 Å². The van der Waals surface area contributed by atoms with Gasteiger partial charge in [0.25, 0.3) is 0 Å². The van der Waals surface area contributed by atoms with Crippen LogP contribution in [0.15, 0.2) is 55.0 Å². The van der Waals surface area contributed by atoms with Crippen LogP contribution in [0.4, 0.5) is 14.6 Å². The van der Waals surface area contributed by atoms with Gasteiger partial charge in [-0.25, -0.2) is 23.4 Å². The van der Waals surface area contributed by atoms with Gasteiger partial charge in [0.05, 0.1) is 11.1 Å². The fourth-order valence-corrected chi connectivity index (χ4v) is 4.31. The average Bonchev–Trinajstić information content (AvgIpc) is 3.27. The lowest BCUT2D eigenvalue weighted by atomic mass is 9.95. The molecule has 0 spiro atoms. The maximum absolute atomic E-state index is 13.4. The number of rotatable bonds is 5. The first-order chi connectivity index (χ1) is 16.5. The Bertz CT molecular complexity index is 1310. The van der Waals surface area contributed by atoms with E-state index >= 15 is 0 Å². The summed E-state index contributed by atoms with van der Waals surface area (Å²) in [5, 5.41) is 8.26. The third kappa shape index (κ3) is 4.59. The number of benzene rings is 2. The highest BCUT2D eigenvalue weighted by atomic mass is 19.1. The average molecular weight is 463 g/mol. The number of piperidine rings is 1. The van der Waals surface area contributed by atoms with Crippen LogP contribution in [0.25, 0.3) is 16.7 Å². The van der Waals surface area contributed by atoms with E-state index in [9.17, 15) is 13.6 Å². The minimum Gasteiger partial charge on any atom is -0.356 e. The number of nitrogens with one attached hydrogen (secondary N) is 1. The molecule has 1 N–H and O–H groups in total. The highest BCUT2D eigenvalue weighted by Gasteiger charge is 2.27. The summed E-state index contributed by atoms with van der Waals surface area (Å²) in [6.07, 6.45) is 4.76. The molecule has 2 aromatic carbocycles. The first kappa shape index (κ1) is 21.9. The molecule has 0 unspecified atom stereocenters. The maximum Gasteiger partial charge on any atom is 0.223 e. The molecule has 0 atom stereocenters. The number of aromatic nitrogens is 4. The van der Waals surface area contributed by atoms with Crippen molar-refractivity contribution in [3.05, 3.63) is 77.8 Å². The van der Waals surface area contributed by atoms with Gasteiger partial charge in [0.15, 0.2) is 5.65 Å². The molecule has 174 valence electrons. The molecule has 0 saturated carbocycles. The van der Waals surface area contributed by atoms with Crippen LogP contribution >= 0.6 is 0 Å². The van der Waals surface area contributed by atoms with E-state index in [1.54, 1.807) is 4.68 Å². The SMILES string of the molecule is Cc1ccc(-n2cc3c(N4CCC(C(=O)NCc5cc(F)cc(F)c5)CC4)ncnc3n2)cc1. The van der Waals surface area contributed by atoms with Gasteiger partial charge in [0, 0.05) is 37.8 Å².